The van der Waals surface area contributed by atoms with Crippen LogP contribution in [0.15, 0.2) is 0 Å². The standard InChI is InChI=1S/C12H22N2O3S/c1-11(2,3)14-8-12(5-6-12)7-9(14)10(15)13-18(4,16)17/h9H,5-8H2,1-4H3,(H,13,15)/t9-/m0/s1. The molecular formula is C12H22N2O3S. The van der Waals surface area contributed by atoms with Crippen molar-refractivity contribution in [2.45, 2.75) is 51.6 Å². The highest BCUT2D eigenvalue weighted by Gasteiger charge is 2.56. The molecule has 0 aromatic heterocycles. The quantitative estimate of drug-likeness (QED) is 0.805. The van der Waals surface area contributed by atoms with Crippen molar-refractivity contribution < 1.29 is 13.2 Å². The van der Waals surface area contributed by atoms with Crippen LogP contribution in [0.3, 0.4) is 0 Å². The normalized spacial score (nSPS) is 27.4. The van der Waals surface area contributed by atoms with Crippen molar-refractivity contribution in [1.29, 1.82) is 0 Å². The van der Waals surface area contributed by atoms with Crippen LogP contribution < -0.4 is 4.72 Å². The molecule has 2 aliphatic rings. The summed E-state index contributed by atoms with van der Waals surface area (Å²) in [7, 11) is -3.47. The first-order valence-corrected chi connectivity index (χ1v) is 8.20. The third-order valence-corrected chi connectivity index (χ3v) is 4.49. The number of hydrogen-bond donors (Lipinski definition) is 1. The number of hydrogen-bond acceptors (Lipinski definition) is 4. The fourth-order valence-corrected chi connectivity index (χ4v) is 3.29. The first-order valence-electron chi connectivity index (χ1n) is 6.31. The highest BCUT2D eigenvalue weighted by Crippen LogP contribution is 2.56. The molecule has 1 atom stereocenters. The fraction of sp³-hybridized carbons (Fsp3) is 0.917. The van der Waals surface area contributed by atoms with E-state index in [4.69, 9.17) is 0 Å². The Hall–Kier alpha value is -0.620. The van der Waals surface area contributed by atoms with E-state index in [9.17, 15) is 13.2 Å². The highest BCUT2D eigenvalue weighted by atomic mass is 32.2. The lowest BCUT2D eigenvalue weighted by molar-refractivity contribution is -0.125. The Kier molecular flexibility index (Phi) is 3.02. The van der Waals surface area contributed by atoms with Gasteiger partial charge in [0.2, 0.25) is 10.0 Å². The minimum atomic E-state index is -3.47. The van der Waals surface area contributed by atoms with Crippen molar-refractivity contribution in [3.63, 3.8) is 0 Å². The Bertz CT molecular complexity index is 460. The monoisotopic (exact) mass is 274 g/mol. The summed E-state index contributed by atoms with van der Waals surface area (Å²) in [6.07, 6.45) is 4.12. The van der Waals surface area contributed by atoms with Gasteiger partial charge in [0.1, 0.15) is 0 Å². The minimum absolute atomic E-state index is 0.119. The van der Waals surface area contributed by atoms with Crippen molar-refractivity contribution in [1.82, 2.24) is 9.62 Å². The number of amides is 1. The van der Waals surface area contributed by atoms with Gasteiger partial charge < -0.3 is 0 Å². The Labute approximate surface area is 109 Å². The molecule has 0 aromatic carbocycles. The second-order valence-corrected chi connectivity index (χ2v) is 8.51. The summed E-state index contributed by atoms with van der Waals surface area (Å²) in [5.41, 5.74) is 0.151. The first-order chi connectivity index (χ1) is 8.03. The van der Waals surface area contributed by atoms with Crippen LogP contribution in [0.5, 0.6) is 0 Å². The third-order valence-electron chi connectivity index (χ3n) is 3.92. The number of nitrogens with zero attached hydrogens (tertiary/aromatic N) is 1. The summed E-state index contributed by atoms with van der Waals surface area (Å²) < 4.78 is 24.5. The Morgan fingerprint density at radius 3 is 2.28 bits per heavy atom. The van der Waals surface area contributed by atoms with Crippen LogP contribution in [0, 0.1) is 5.41 Å². The number of likely N-dealkylation sites (tertiary alicyclic amines) is 1. The molecule has 6 heteroatoms. The van der Waals surface area contributed by atoms with Crippen LogP contribution in [-0.2, 0) is 14.8 Å². The molecule has 1 N–H and O–H groups in total. The second kappa shape index (κ2) is 3.93. The molecule has 104 valence electrons. The van der Waals surface area contributed by atoms with E-state index in [1.165, 1.54) is 0 Å². The summed E-state index contributed by atoms with van der Waals surface area (Å²) in [5.74, 6) is -0.379. The molecule has 1 amide bonds. The number of nitrogens with one attached hydrogen (secondary N) is 1. The maximum absolute atomic E-state index is 12.1. The fourth-order valence-electron chi connectivity index (χ4n) is 2.79. The molecule has 0 aromatic rings. The Morgan fingerprint density at radius 2 is 1.89 bits per heavy atom. The lowest BCUT2D eigenvalue weighted by atomic mass is 10.0. The maximum Gasteiger partial charge on any atom is 0.250 e. The molecule has 1 heterocycles. The smallest absolute Gasteiger partial charge is 0.250 e. The lowest BCUT2D eigenvalue weighted by Gasteiger charge is -2.36. The molecule has 1 aliphatic carbocycles. The summed E-state index contributed by atoms with van der Waals surface area (Å²) in [4.78, 5) is 14.2. The topological polar surface area (TPSA) is 66.5 Å². The van der Waals surface area contributed by atoms with E-state index in [0.717, 1.165) is 32.1 Å². The Morgan fingerprint density at radius 1 is 1.33 bits per heavy atom. The lowest BCUT2D eigenvalue weighted by Crippen LogP contribution is -2.52. The summed E-state index contributed by atoms with van der Waals surface area (Å²) in [6, 6.07) is -0.317. The van der Waals surface area contributed by atoms with Crippen molar-refractivity contribution in [3.8, 4) is 0 Å². The van der Waals surface area contributed by atoms with Gasteiger partial charge in [-0.05, 0) is 45.4 Å². The molecule has 0 radical (unpaired) electrons. The molecule has 1 aliphatic heterocycles. The predicted octanol–water partition coefficient (Wildman–Crippen LogP) is 0.715. The third kappa shape index (κ3) is 2.85. The van der Waals surface area contributed by atoms with E-state index in [2.05, 4.69) is 30.4 Å². The molecular weight excluding hydrogens is 252 g/mol. The average molecular weight is 274 g/mol. The molecule has 1 saturated heterocycles. The van der Waals surface area contributed by atoms with Gasteiger partial charge in [-0.15, -0.1) is 0 Å². The SMILES string of the molecule is CC(C)(C)N1CC2(CC2)C[C@H]1C(=O)NS(C)(=O)=O. The highest BCUT2D eigenvalue weighted by molar-refractivity contribution is 7.89. The van der Waals surface area contributed by atoms with Crippen LogP contribution in [0.1, 0.15) is 40.0 Å². The van der Waals surface area contributed by atoms with Gasteiger partial charge in [-0.1, -0.05) is 0 Å². The molecule has 2 fully saturated rings. The second-order valence-electron chi connectivity index (χ2n) is 6.76. The van der Waals surface area contributed by atoms with Gasteiger partial charge in [-0.3, -0.25) is 14.4 Å². The zero-order valence-corrected chi connectivity index (χ0v) is 12.3. The minimum Gasteiger partial charge on any atom is -0.286 e. The van der Waals surface area contributed by atoms with Crippen LogP contribution in [0.4, 0.5) is 0 Å². The van der Waals surface area contributed by atoms with Crippen molar-refractivity contribution in [2.75, 3.05) is 12.8 Å². The van der Waals surface area contributed by atoms with Crippen LogP contribution in [0.2, 0.25) is 0 Å². The van der Waals surface area contributed by atoms with Gasteiger partial charge in [0, 0.05) is 12.1 Å². The van der Waals surface area contributed by atoms with Crippen molar-refractivity contribution in [2.24, 2.45) is 5.41 Å². The van der Waals surface area contributed by atoms with Gasteiger partial charge in [0.15, 0.2) is 0 Å². The molecule has 1 saturated carbocycles. The number of sulfonamides is 1. The van der Waals surface area contributed by atoms with Crippen molar-refractivity contribution >= 4 is 15.9 Å². The van der Waals surface area contributed by atoms with Crippen LogP contribution in [-0.4, -0.2) is 43.6 Å². The zero-order chi connectivity index (χ0) is 13.8. The average Bonchev–Trinajstić information content (AvgIpc) is 2.71. The van der Waals surface area contributed by atoms with Crippen LogP contribution in [0.25, 0.3) is 0 Å². The first kappa shape index (κ1) is 13.8. The van der Waals surface area contributed by atoms with Gasteiger partial charge in [0.25, 0.3) is 5.91 Å². The molecule has 1 spiro atoms. The van der Waals surface area contributed by atoms with Gasteiger partial charge in [-0.2, -0.15) is 0 Å². The van der Waals surface area contributed by atoms with Gasteiger partial charge in [-0.25, -0.2) is 8.42 Å². The zero-order valence-electron chi connectivity index (χ0n) is 11.5. The predicted molar refractivity (Wildman–Crippen MR) is 69.5 cm³/mol. The van der Waals surface area contributed by atoms with Gasteiger partial charge >= 0.3 is 0 Å². The van der Waals surface area contributed by atoms with Crippen molar-refractivity contribution in [3.05, 3.63) is 0 Å². The molecule has 0 unspecified atom stereocenters. The van der Waals surface area contributed by atoms with E-state index >= 15 is 0 Å². The Balaban J connectivity index is 2.17. The molecule has 2 rings (SSSR count). The molecule has 0 bridgehead atoms. The van der Waals surface area contributed by atoms with E-state index in [1.807, 2.05) is 0 Å². The summed E-state index contributed by atoms with van der Waals surface area (Å²) in [6.45, 7) is 7.09. The van der Waals surface area contributed by atoms with E-state index in [-0.39, 0.29) is 22.9 Å². The molecule has 5 nitrogen and oxygen atoms in total. The van der Waals surface area contributed by atoms with E-state index < -0.39 is 10.0 Å². The summed E-state index contributed by atoms with van der Waals surface area (Å²) in [5, 5.41) is 0. The van der Waals surface area contributed by atoms with E-state index in [1.54, 1.807) is 0 Å². The number of carbonyl (C=O) groups excluding carboxylic acids is 1. The molecule has 18 heavy (non-hydrogen) atoms. The summed E-state index contributed by atoms with van der Waals surface area (Å²) >= 11 is 0. The van der Waals surface area contributed by atoms with E-state index in [0.29, 0.717) is 0 Å². The van der Waals surface area contributed by atoms with Gasteiger partial charge in [0.05, 0.1) is 12.3 Å². The number of rotatable bonds is 2. The maximum atomic E-state index is 12.1. The largest absolute Gasteiger partial charge is 0.286 e. The number of carbonyl (C=O) groups is 1. The van der Waals surface area contributed by atoms with Crippen LogP contribution >= 0.6 is 0 Å².